The summed E-state index contributed by atoms with van der Waals surface area (Å²) >= 11 is 0. The van der Waals surface area contributed by atoms with E-state index in [4.69, 9.17) is 8.22 Å². The quantitative estimate of drug-likeness (QED) is 0.737. The van der Waals surface area contributed by atoms with Crippen LogP contribution in [0.1, 0.15) is 20.2 Å². The highest BCUT2D eigenvalue weighted by Gasteiger charge is 2.13. The maximum absolute atomic E-state index is 13.1. The molecule has 0 aliphatic rings. The van der Waals surface area contributed by atoms with Crippen molar-refractivity contribution >= 4 is 10.1 Å². The minimum Gasteiger partial charge on any atom is -0.266 e. The lowest BCUT2D eigenvalue weighted by Crippen LogP contribution is -2.07. The molecular weight excluding hydrogens is 219 g/mol. The highest BCUT2D eigenvalue weighted by Crippen LogP contribution is 2.13. The summed E-state index contributed by atoms with van der Waals surface area (Å²) in [5.41, 5.74) is 0.729. The van der Waals surface area contributed by atoms with Gasteiger partial charge in [0.25, 0.3) is 10.1 Å². The minimum atomic E-state index is -4.73. The van der Waals surface area contributed by atoms with Gasteiger partial charge in [0.2, 0.25) is 0 Å². The Morgan fingerprint density at radius 3 is 2.53 bits per heavy atom. The molecule has 0 saturated carbocycles. The molecule has 1 aromatic carbocycles. The van der Waals surface area contributed by atoms with Crippen LogP contribution in [-0.4, -0.2) is 21.6 Å². The van der Waals surface area contributed by atoms with Crippen LogP contribution in [0.25, 0.3) is 0 Å². The number of alkyl halides is 1. The zero-order valence-electron chi connectivity index (χ0n) is 13.8. The number of halogens is 1. The van der Waals surface area contributed by atoms with Gasteiger partial charge in [-0.3, -0.25) is 8.57 Å². The third-order valence-electron chi connectivity index (χ3n) is 1.56. The van der Waals surface area contributed by atoms with Gasteiger partial charge in [0.05, 0.1) is 23.6 Å². The van der Waals surface area contributed by atoms with Gasteiger partial charge in [-0.15, -0.1) is 0 Å². The predicted molar refractivity (Wildman–Crippen MR) is 54.9 cm³/mol. The van der Waals surface area contributed by atoms with Gasteiger partial charge in [-0.1, -0.05) is 17.7 Å². The van der Waals surface area contributed by atoms with Gasteiger partial charge in [-0.25, -0.2) is 0 Å². The first-order valence-electron chi connectivity index (χ1n) is 6.92. The standard InChI is InChI=1S/C10H13FO3S/c1-9-3-5-10(6-4-9)15(12,13)14-8-2-7-11/h3-6H,2,7-8H2,1H3/i2D2,7D2,8D2. The predicted octanol–water partition coefficient (Wildman–Crippen LogP) is 2.06. The monoisotopic (exact) mass is 238 g/mol. The fourth-order valence-corrected chi connectivity index (χ4v) is 1.57. The molecule has 1 aromatic rings. The first-order valence-corrected chi connectivity index (χ1v) is 5.33. The van der Waals surface area contributed by atoms with Crippen molar-refractivity contribution in [2.24, 2.45) is 0 Å². The maximum atomic E-state index is 13.1. The molecule has 15 heavy (non-hydrogen) atoms. The van der Waals surface area contributed by atoms with Crippen LogP contribution in [0.3, 0.4) is 0 Å². The summed E-state index contributed by atoms with van der Waals surface area (Å²) in [6, 6.07) is 5.05. The van der Waals surface area contributed by atoms with Gasteiger partial charge in [0.15, 0.2) is 0 Å². The van der Waals surface area contributed by atoms with Crippen LogP contribution in [0, 0.1) is 6.92 Å². The number of benzene rings is 1. The molecule has 0 atom stereocenters. The lowest BCUT2D eigenvalue weighted by molar-refractivity contribution is 0.292. The van der Waals surface area contributed by atoms with Gasteiger partial charge < -0.3 is 0 Å². The third kappa shape index (κ3) is 3.60. The zero-order chi connectivity index (χ0) is 16.7. The molecule has 0 spiro atoms. The Hall–Kier alpha value is -0.940. The molecule has 0 saturated heterocycles. The Morgan fingerprint density at radius 2 is 2.00 bits per heavy atom. The molecule has 0 radical (unpaired) electrons. The van der Waals surface area contributed by atoms with E-state index in [2.05, 4.69) is 4.18 Å². The van der Waals surface area contributed by atoms with Crippen molar-refractivity contribution in [3.8, 4) is 0 Å². The lowest BCUT2D eigenvalue weighted by Gasteiger charge is -2.04. The summed E-state index contributed by atoms with van der Waals surface area (Å²) in [6.07, 6.45) is -3.84. The van der Waals surface area contributed by atoms with Crippen LogP contribution in [0.15, 0.2) is 29.2 Å². The van der Waals surface area contributed by atoms with Crippen molar-refractivity contribution in [3.63, 3.8) is 0 Å². The zero-order valence-corrected chi connectivity index (χ0v) is 8.64. The van der Waals surface area contributed by atoms with E-state index in [-0.39, 0.29) is 0 Å². The Morgan fingerprint density at radius 1 is 1.40 bits per heavy atom. The molecule has 0 heterocycles. The van der Waals surface area contributed by atoms with Crippen molar-refractivity contribution < 1.29 is 25.2 Å². The van der Waals surface area contributed by atoms with Crippen LogP contribution >= 0.6 is 0 Å². The third-order valence-corrected chi connectivity index (χ3v) is 2.71. The lowest BCUT2D eigenvalue weighted by atomic mass is 10.2. The molecule has 3 nitrogen and oxygen atoms in total. The molecule has 0 bridgehead atoms. The summed E-state index contributed by atoms with van der Waals surface area (Å²) in [6.45, 7) is -6.19. The topological polar surface area (TPSA) is 43.4 Å². The Bertz CT molecular complexity index is 609. The van der Waals surface area contributed by atoms with E-state index in [9.17, 15) is 12.8 Å². The molecule has 0 aliphatic heterocycles. The molecular formula is C10H13FO3S. The van der Waals surface area contributed by atoms with Gasteiger partial charge in [-0.2, -0.15) is 8.42 Å². The molecule has 1 rings (SSSR count). The first kappa shape index (κ1) is 5.96. The van der Waals surface area contributed by atoms with Crippen LogP contribution in [-0.2, 0) is 14.3 Å². The second-order valence-corrected chi connectivity index (χ2v) is 4.22. The van der Waals surface area contributed by atoms with Gasteiger partial charge >= 0.3 is 0 Å². The summed E-state index contributed by atoms with van der Waals surface area (Å²) < 4.78 is 82.9. The molecule has 0 aromatic heterocycles. The fourth-order valence-electron chi connectivity index (χ4n) is 0.848. The van der Waals surface area contributed by atoms with E-state index in [1.165, 1.54) is 12.1 Å². The highest BCUT2D eigenvalue weighted by atomic mass is 32.2. The Balaban J connectivity index is 3.16. The number of rotatable bonds is 5. The van der Waals surface area contributed by atoms with Crippen LogP contribution in [0.5, 0.6) is 0 Å². The molecule has 5 heteroatoms. The van der Waals surface area contributed by atoms with Crippen molar-refractivity contribution in [2.45, 2.75) is 18.2 Å². The van der Waals surface area contributed by atoms with E-state index in [1.54, 1.807) is 6.92 Å². The Kier molecular flexibility index (Phi) is 2.08. The minimum absolute atomic E-state index is 0.452. The van der Waals surface area contributed by atoms with E-state index >= 15 is 0 Å². The fraction of sp³-hybridized carbons (Fsp3) is 0.400. The summed E-state index contributed by atoms with van der Waals surface area (Å²) in [7, 11) is -4.73. The van der Waals surface area contributed by atoms with E-state index in [0.717, 1.165) is 17.7 Å². The highest BCUT2D eigenvalue weighted by molar-refractivity contribution is 7.86. The van der Waals surface area contributed by atoms with Gasteiger partial charge in [-0.05, 0) is 19.1 Å². The van der Waals surface area contributed by atoms with Crippen LogP contribution in [0.4, 0.5) is 4.39 Å². The van der Waals surface area contributed by atoms with E-state index < -0.39 is 34.6 Å². The normalized spacial score (nSPS) is 20.4. The van der Waals surface area contributed by atoms with Crippen molar-refractivity contribution in [1.29, 1.82) is 0 Å². The summed E-state index contributed by atoms with van der Waals surface area (Å²) in [4.78, 5) is -0.452. The second-order valence-electron chi connectivity index (χ2n) is 2.67. The number of aryl methyl sites for hydroxylation is 1. The molecule has 0 aliphatic carbocycles. The van der Waals surface area contributed by atoms with Crippen LogP contribution in [0.2, 0.25) is 0 Å². The molecule has 0 unspecified atom stereocenters. The molecule has 0 fully saturated rings. The first-order chi connectivity index (χ1) is 9.21. The van der Waals surface area contributed by atoms with Crippen molar-refractivity contribution in [2.75, 3.05) is 13.2 Å². The maximum Gasteiger partial charge on any atom is 0.296 e. The number of hydrogen-bond donors (Lipinski definition) is 0. The van der Waals surface area contributed by atoms with Crippen molar-refractivity contribution in [3.05, 3.63) is 29.8 Å². The molecule has 0 N–H and O–H groups in total. The van der Waals surface area contributed by atoms with Crippen LogP contribution < -0.4 is 0 Å². The average Bonchev–Trinajstić information content (AvgIpc) is 2.26. The molecule has 84 valence electrons. The summed E-state index contributed by atoms with van der Waals surface area (Å²) in [5, 5.41) is 0. The largest absolute Gasteiger partial charge is 0.296 e. The Labute approximate surface area is 97.4 Å². The number of hydrogen-bond acceptors (Lipinski definition) is 3. The van der Waals surface area contributed by atoms with Gasteiger partial charge in [0, 0.05) is 9.11 Å². The average molecular weight is 238 g/mol. The second kappa shape index (κ2) is 5.23. The van der Waals surface area contributed by atoms with Crippen molar-refractivity contribution in [1.82, 2.24) is 0 Å². The molecule has 0 amide bonds. The van der Waals surface area contributed by atoms with E-state index in [1.807, 2.05) is 0 Å². The smallest absolute Gasteiger partial charge is 0.266 e. The van der Waals surface area contributed by atoms with Gasteiger partial charge in [0.1, 0.15) is 0 Å². The summed E-state index contributed by atoms with van der Waals surface area (Å²) in [5.74, 6) is 0. The van der Waals surface area contributed by atoms with E-state index in [0.29, 0.717) is 0 Å². The SMILES string of the molecule is [2H]C([2H])(F)C([2H])([2H])C([2H])([2H])OS(=O)(=O)c1ccc(C)cc1.